The summed E-state index contributed by atoms with van der Waals surface area (Å²) in [6.07, 6.45) is 6.45. The van der Waals surface area contributed by atoms with Crippen molar-refractivity contribution in [3.05, 3.63) is 29.3 Å². The van der Waals surface area contributed by atoms with Gasteiger partial charge in [0.1, 0.15) is 5.75 Å². The van der Waals surface area contributed by atoms with Crippen LogP contribution in [-0.2, 0) is 0 Å². The summed E-state index contributed by atoms with van der Waals surface area (Å²) in [6.45, 7) is 4.33. The van der Waals surface area contributed by atoms with Gasteiger partial charge in [0.05, 0.1) is 7.11 Å². The Morgan fingerprint density at radius 3 is 2.61 bits per heavy atom. The van der Waals surface area contributed by atoms with Crippen LogP contribution in [0.3, 0.4) is 0 Å². The molecule has 1 atom stereocenters. The normalized spacial score (nSPS) is 12.4. The van der Waals surface area contributed by atoms with Gasteiger partial charge in [0, 0.05) is 6.04 Å². The third-order valence-electron chi connectivity index (χ3n) is 3.53. The fourth-order valence-electron chi connectivity index (χ4n) is 2.31. The van der Waals surface area contributed by atoms with Gasteiger partial charge in [0.25, 0.3) is 0 Å². The molecule has 0 aliphatic rings. The van der Waals surface area contributed by atoms with Crippen molar-refractivity contribution in [1.82, 2.24) is 5.32 Å². The number of ether oxygens (including phenoxy) is 1. The first-order chi connectivity index (χ1) is 8.72. The lowest BCUT2D eigenvalue weighted by molar-refractivity contribution is 0.409. The topological polar surface area (TPSA) is 21.3 Å². The number of unbranched alkanes of at least 4 members (excludes halogenated alkanes) is 3. The zero-order valence-corrected chi connectivity index (χ0v) is 12.3. The number of hydrogen-bond donors (Lipinski definition) is 1. The molecule has 0 saturated heterocycles. The SMILES string of the molecule is CCCCCCC(NC)c1ccc(C)c(OC)c1. The fraction of sp³-hybridized carbons (Fsp3) is 0.625. The van der Waals surface area contributed by atoms with Crippen molar-refractivity contribution < 1.29 is 4.74 Å². The Kier molecular flexibility index (Phi) is 6.81. The van der Waals surface area contributed by atoms with E-state index in [-0.39, 0.29) is 0 Å². The van der Waals surface area contributed by atoms with E-state index < -0.39 is 0 Å². The van der Waals surface area contributed by atoms with Crippen LogP contribution >= 0.6 is 0 Å². The Bertz CT molecular complexity index is 349. The molecule has 102 valence electrons. The molecular formula is C16H27NO. The second-order valence-corrected chi connectivity index (χ2v) is 4.92. The van der Waals surface area contributed by atoms with E-state index in [4.69, 9.17) is 4.74 Å². The molecular weight excluding hydrogens is 222 g/mol. The quantitative estimate of drug-likeness (QED) is 0.696. The molecule has 0 heterocycles. The Balaban J connectivity index is 2.63. The zero-order chi connectivity index (χ0) is 13.4. The van der Waals surface area contributed by atoms with Crippen molar-refractivity contribution in [3.8, 4) is 5.75 Å². The molecule has 1 unspecified atom stereocenters. The first kappa shape index (κ1) is 15.0. The molecule has 0 radical (unpaired) electrons. The summed E-state index contributed by atoms with van der Waals surface area (Å²) in [6, 6.07) is 6.95. The van der Waals surface area contributed by atoms with Crippen LogP contribution in [0.2, 0.25) is 0 Å². The van der Waals surface area contributed by atoms with Gasteiger partial charge in [0.15, 0.2) is 0 Å². The summed E-state index contributed by atoms with van der Waals surface area (Å²) in [7, 11) is 3.78. The highest BCUT2D eigenvalue weighted by Crippen LogP contribution is 2.26. The van der Waals surface area contributed by atoms with E-state index in [1.54, 1.807) is 7.11 Å². The van der Waals surface area contributed by atoms with Gasteiger partial charge in [-0.1, -0.05) is 44.7 Å². The van der Waals surface area contributed by atoms with Crippen LogP contribution in [0.25, 0.3) is 0 Å². The Labute approximate surface area is 112 Å². The largest absolute Gasteiger partial charge is 0.496 e. The molecule has 0 fully saturated rings. The average Bonchev–Trinajstić information content (AvgIpc) is 2.40. The summed E-state index contributed by atoms with van der Waals surface area (Å²) >= 11 is 0. The van der Waals surface area contributed by atoms with Gasteiger partial charge in [-0.15, -0.1) is 0 Å². The number of nitrogens with one attached hydrogen (secondary N) is 1. The minimum Gasteiger partial charge on any atom is -0.496 e. The van der Waals surface area contributed by atoms with E-state index >= 15 is 0 Å². The molecule has 1 aromatic carbocycles. The lowest BCUT2D eigenvalue weighted by atomic mass is 9.99. The number of hydrogen-bond acceptors (Lipinski definition) is 2. The minimum absolute atomic E-state index is 0.441. The summed E-state index contributed by atoms with van der Waals surface area (Å²) in [5.74, 6) is 0.987. The van der Waals surface area contributed by atoms with Crippen LogP contribution in [0.1, 0.15) is 56.2 Å². The highest BCUT2D eigenvalue weighted by Gasteiger charge is 2.10. The molecule has 0 aromatic heterocycles. The maximum atomic E-state index is 5.40. The van der Waals surface area contributed by atoms with Crippen LogP contribution in [0.4, 0.5) is 0 Å². The lowest BCUT2D eigenvalue weighted by Gasteiger charge is -2.18. The standard InChI is InChI=1S/C16H27NO/c1-5-6-7-8-9-15(17-3)14-11-10-13(2)16(12-14)18-4/h10-12,15,17H,5-9H2,1-4H3. The molecule has 0 amide bonds. The van der Waals surface area contributed by atoms with Crippen molar-refractivity contribution in [2.45, 2.75) is 52.0 Å². The van der Waals surface area contributed by atoms with Crippen molar-refractivity contribution in [1.29, 1.82) is 0 Å². The van der Waals surface area contributed by atoms with E-state index in [1.807, 2.05) is 7.05 Å². The second-order valence-electron chi connectivity index (χ2n) is 4.92. The molecule has 2 nitrogen and oxygen atoms in total. The molecule has 1 rings (SSSR count). The number of aryl methyl sites for hydroxylation is 1. The average molecular weight is 249 g/mol. The molecule has 1 N–H and O–H groups in total. The van der Waals surface area contributed by atoms with Gasteiger partial charge in [-0.2, -0.15) is 0 Å². The van der Waals surface area contributed by atoms with Crippen LogP contribution in [-0.4, -0.2) is 14.2 Å². The van der Waals surface area contributed by atoms with Crippen LogP contribution in [0.15, 0.2) is 18.2 Å². The number of methoxy groups -OCH3 is 1. The Morgan fingerprint density at radius 1 is 1.22 bits per heavy atom. The van der Waals surface area contributed by atoms with E-state index in [9.17, 15) is 0 Å². The van der Waals surface area contributed by atoms with Gasteiger partial charge in [0.2, 0.25) is 0 Å². The number of rotatable bonds is 8. The third kappa shape index (κ3) is 4.34. The molecule has 18 heavy (non-hydrogen) atoms. The molecule has 0 aliphatic carbocycles. The van der Waals surface area contributed by atoms with Crippen LogP contribution in [0, 0.1) is 6.92 Å². The fourth-order valence-corrected chi connectivity index (χ4v) is 2.31. The minimum atomic E-state index is 0.441. The summed E-state index contributed by atoms with van der Waals surface area (Å²) in [5.41, 5.74) is 2.53. The molecule has 0 saturated carbocycles. The van der Waals surface area contributed by atoms with E-state index in [0.29, 0.717) is 6.04 Å². The molecule has 0 spiro atoms. The predicted octanol–water partition coefficient (Wildman–Crippen LogP) is 4.23. The smallest absolute Gasteiger partial charge is 0.122 e. The van der Waals surface area contributed by atoms with Crippen molar-refractivity contribution in [3.63, 3.8) is 0 Å². The molecule has 2 heteroatoms. The van der Waals surface area contributed by atoms with Crippen LogP contribution < -0.4 is 10.1 Å². The van der Waals surface area contributed by atoms with E-state index in [1.165, 1.54) is 43.2 Å². The van der Waals surface area contributed by atoms with E-state index in [0.717, 1.165) is 5.75 Å². The zero-order valence-electron chi connectivity index (χ0n) is 12.3. The molecule has 1 aromatic rings. The van der Waals surface area contributed by atoms with Crippen molar-refractivity contribution in [2.75, 3.05) is 14.2 Å². The Hall–Kier alpha value is -1.02. The summed E-state index contributed by atoms with van der Waals surface area (Å²) in [4.78, 5) is 0. The van der Waals surface area contributed by atoms with Gasteiger partial charge in [-0.25, -0.2) is 0 Å². The summed E-state index contributed by atoms with van der Waals surface area (Å²) < 4.78 is 5.40. The Morgan fingerprint density at radius 2 is 2.00 bits per heavy atom. The second kappa shape index (κ2) is 8.15. The van der Waals surface area contributed by atoms with Gasteiger partial charge < -0.3 is 10.1 Å². The first-order valence-corrected chi connectivity index (χ1v) is 7.04. The number of benzene rings is 1. The van der Waals surface area contributed by atoms with Gasteiger partial charge in [-0.3, -0.25) is 0 Å². The summed E-state index contributed by atoms with van der Waals surface area (Å²) in [5, 5.41) is 3.41. The molecule has 0 bridgehead atoms. The highest BCUT2D eigenvalue weighted by molar-refractivity contribution is 5.37. The predicted molar refractivity (Wildman–Crippen MR) is 78.3 cm³/mol. The lowest BCUT2D eigenvalue weighted by Crippen LogP contribution is -2.16. The highest BCUT2D eigenvalue weighted by atomic mass is 16.5. The first-order valence-electron chi connectivity index (χ1n) is 7.04. The molecule has 0 aliphatic heterocycles. The van der Waals surface area contributed by atoms with Crippen LogP contribution in [0.5, 0.6) is 5.75 Å². The maximum Gasteiger partial charge on any atom is 0.122 e. The third-order valence-corrected chi connectivity index (χ3v) is 3.53. The van der Waals surface area contributed by atoms with Gasteiger partial charge >= 0.3 is 0 Å². The monoisotopic (exact) mass is 249 g/mol. The van der Waals surface area contributed by atoms with E-state index in [2.05, 4.69) is 37.4 Å². The van der Waals surface area contributed by atoms with Crippen molar-refractivity contribution >= 4 is 0 Å². The van der Waals surface area contributed by atoms with Gasteiger partial charge in [-0.05, 0) is 37.6 Å². The maximum absolute atomic E-state index is 5.40. The van der Waals surface area contributed by atoms with Crippen molar-refractivity contribution in [2.24, 2.45) is 0 Å².